The van der Waals surface area contributed by atoms with E-state index in [1.165, 1.54) is 12.1 Å². The second kappa shape index (κ2) is 7.74. The van der Waals surface area contributed by atoms with Crippen LogP contribution in [-0.4, -0.2) is 71.8 Å². The van der Waals surface area contributed by atoms with Crippen LogP contribution in [0.15, 0.2) is 12.3 Å². The summed E-state index contributed by atoms with van der Waals surface area (Å²) in [6.45, 7) is 6.17. The first-order chi connectivity index (χ1) is 10.8. The van der Waals surface area contributed by atoms with Gasteiger partial charge in [-0.1, -0.05) is 0 Å². The van der Waals surface area contributed by atoms with Crippen molar-refractivity contribution in [2.75, 3.05) is 45.9 Å². The number of piperidine rings is 1. The Bertz CT molecular complexity index is 457. The van der Waals surface area contributed by atoms with Crippen LogP contribution in [0, 0.1) is 5.92 Å². The van der Waals surface area contributed by atoms with Crippen LogP contribution in [0.4, 0.5) is 0 Å². The number of carbonyl (C=O) groups is 1. The highest BCUT2D eigenvalue weighted by molar-refractivity contribution is 5.76. The van der Waals surface area contributed by atoms with E-state index in [0.29, 0.717) is 18.2 Å². The standard InChI is InChI=1S/C16H26N4O2/c21-16(4-7-19-8-10-22-11-9-19)20-6-1-2-14(13-20)12-15-3-5-17-18-15/h3,5,14H,1-2,4,6-13H2,(H,17,18)/t14-/m0/s1. The Labute approximate surface area is 131 Å². The van der Waals surface area contributed by atoms with Crippen molar-refractivity contribution in [3.05, 3.63) is 18.0 Å². The summed E-state index contributed by atoms with van der Waals surface area (Å²) in [6, 6.07) is 2.03. The van der Waals surface area contributed by atoms with Crippen LogP contribution in [0.2, 0.25) is 0 Å². The highest BCUT2D eigenvalue weighted by Crippen LogP contribution is 2.20. The Morgan fingerprint density at radius 2 is 2.23 bits per heavy atom. The fourth-order valence-corrected chi connectivity index (χ4v) is 3.40. The van der Waals surface area contributed by atoms with E-state index in [1.54, 1.807) is 6.20 Å². The average Bonchev–Trinajstić information content (AvgIpc) is 3.07. The summed E-state index contributed by atoms with van der Waals surface area (Å²) in [6.07, 6.45) is 5.74. The molecule has 0 saturated carbocycles. The second-order valence-corrected chi connectivity index (χ2v) is 6.34. The number of nitrogens with one attached hydrogen (secondary N) is 1. The number of morpholine rings is 1. The number of hydrogen-bond donors (Lipinski definition) is 1. The third kappa shape index (κ3) is 4.30. The quantitative estimate of drug-likeness (QED) is 0.878. The molecule has 122 valence electrons. The monoisotopic (exact) mass is 306 g/mol. The maximum absolute atomic E-state index is 12.4. The predicted octanol–water partition coefficient (Wildman–Crippen LogP) is 0.913. The Kier molecular flexibility index (Phi) is 5.45. The summed E-state index contributed by atoms with van der Waals surface area (Å²) in [5, 5.41) is 7.03. The maximum atomic E-state index is 12.4. The van der Waals surface area contributed by atoms with Gasteiger partial charge in [-0.05, 0) is 31.2 Å². The van der Waals surface area contributed by atoms with Crippen LogP contribution < -0.4 is 0 Å². The van der Waals surface area contributed by atoms with Crippen LogP contribution >= 0.6 is 0 Å². The second-order valence-electron chi connectivity index (χ2n) is 6.34. The maximum Gasteiger partial charge on any atom is 0.223 e. The molecule has 1 amide bonds. The summed E-state index contributed by atoms with van der Waals surface area (Å²) in [7, 11) is 0. The molecular weight excluding hydrogens is 280 g/mol. The minimum absolute atomic E-state index is 0.306. The molecular formula is C16H26N4O2. The molecule has 3 rings (SSSR count). The van der Waals surface area contributed by atoms with Gasteiger partial charge in [-0.2, -0.15) is 5.10 Å². The van der Waals surface area contributed by atoms with Gasteiger partial charge < -0.3 is 9.64 Å². The Hall–Kier alpha value is -1.40. The highest BCUT2D eigenvalue weighted by Gasteiger charge is 2.24. The lowest BCUT2D eigenvalue weighted by Gasteiger charge is -2.33. The van der Waals surface area contributed by atoms with Crippen molar-refractivity contribution in [1.82, 2.24) is 20.0 Å². The molecule has 0 bridgehead atoms. The number of hydrogen-bond acceptors (Lipinski definition) is 4. The van der Waals surface area contributed by atoms with Gasteiger partial charge in [0.25, 0.3) is 0 Å². The molecule has 3 heterocycles. The van der Waals surface area contributed by atoms with Gasteiger partial charge in [0.15, 0.2) is 0 Å². The highest BCUT2D eigenvalue weighted by atomic mass is 16.5. The number of likely N-dealkylation sites (tertiary alicyclic amines) is 1. The first kappa shape index (κ1) is 15.5. The zero-order valence-electron chi connectivity index (χ0n) is 13.2. The van der Waals surface area contributed by atoms with E-state index in [0.717, 1.165) is 58.8 Å². The lowest BCUT2D eigenvalue weighted by Crippen LogP contribution is -2.43. The van der Waals surface area contributed by atoms with Gasteiger partial charge in [0.05, 0.1) is 13.2 Å². The SMILES string of the molecule is O=C(CCN1CCOCC1)N1CCC[C@@H](Cc2ccn[nH]2)C1. The van der Waals surface area contributed by atoms with Crippen molar-refractivity contribution in [3.8, 4) is 0 Å². The van der Waals surface area contributed by atoms with Crippen LogP contribution in [0.25, 0.3) is 0 Å². The van der Waals surface area contributed by atoms with E-state index in [1.807, 2.05) is 6.07 Å². The molecule has 0 spiro atoms. The molecule has 0 aliphatic carbocycles. The van der Waals surface area contributed by atoms with Crippen molar-refractivity contribution in [2.45, 2.75) is 25.7 Å². The van der Waals surface area contributed by atoms with Gasteiger partial charge in [0.2, 0.25) is 5.91 Å². The van der Waals surface area contributed by atoms with Crippen molar-refractivity contribution in [1.29, 1.82) is 0 Å². The number of carbonyl (C=O) groups excluding carboxylic acids is 1. The molecule has 0 radical (unpaired) electrons. The number of ether oxygens (including phenoxy) is 1. The van der Waals surface area contributed by atoms with Crippen LogP contribution in [0.1, 0.15) is 25.0 Å². The molecule has 6 nitrogen and oxygen atoms in total. The fourth-order valence-electron chi connectivity index (χ4n) is 3.40. The number of H-pyrrole nitrogens is 1. The molecule has 22 heavy (non-hydrogen) atoms. The number of amides is 1. The lowest BCUT2D eigenvalue weighted by atomic mass is 9.93. The van der Waals surface area contributed by atoms with Gasteiger partial charge in [-0.25, -0.2) is 0 Å². The molecule has 6 heteroatoms. The Balaban J connectivity index is 1.43. The topological polar surface area (TPSA) is 61.5 Å². The van der Waals surface area contributed by atoms with E-state index >= 15 is 0 Å². The number of rotatable bonds is 5. The van der Waals surface area contributed by atoms with E-state index in [2.05, 4.69) is 20.0 Å². The van der Waals surface area contributed by atoms with E-state index < -0.39 is 0 Å². The molecule has 1 atom stereocenters. The molecule has 0 aromatic carbocycles. The van der Waals surface area contributed by atoms with Gasteiger partial charge in [-0.15, -0.1) is 0 Å². The summed E-state index contributed by atoms with van der Waals surface area (Å²) in [5.41, 5.74) is 1.17. The van der Waals surface area contributed by atoms with Gasteiger partial charge in [-0.3, -0.25) is 14.8 Å². The summed E-state index contributed by atoms with van der Waals surface area (Å²) in [4.78, 5) is 16.8. The largest absolute Gasteiger partial charge is 0.379 e. The molecule has 1 N–H and O–H groups in total. The summed E-state index contributed by atoms with van der Waals surface area (Å²) in [5.74, 6) is 0.863. The first-order valence-electron chi connectivity index (χ1n) is 8.37. The molecule has 1 aromatic rings. The molecule has 2 aliphatic rings. The minimum Gasteiger partial charge on any atom is -0.379 e. The Morgan fingerprint density at radius 1 is 1.36 bits per heavy atom. The van der Waals surface area contributed by atoms with E-state index in [9.17, 15) is 4.79 Å². The van der Waals surface area contributed by atoms with Crippen LogP contribution in [-0.2, 0) is 16.0 Å². The van der Waals surface area contributed by atoms with E-state index in [-0.39, 0.29) is 0 Å². The zero-order chi connectivity index (χ0) is 15.2. The minimum atomic E-state index is 0.306. The Morgan fingerprint density at radius 3 is 3.00 bits per heavy atom. The van der Waals surface area contributed by atoms with Crippen molar-refractivity contribution < 1.29 is 9.53 Å². The van der Waals surface area contributed by atoms with Crippen LogP contribution in [0.3, 0.4) is 0 Å². The van der Waals surface area contributed by atoms with Crippen molar-refractivity contribution in [2.24, 2.45) is 5.92 Å². The lowest BCUT2D eigenvalue weighted by molar-refractivity contribution is -0.133. The van der Waals surface area contributed by atoms with Crippen LogP contribution in [0.5, 0.6) is 0 Å². The zero-order valence-corrected chi connectivity index (χ0v) is 13.2. The van der Waals surface area contributed by atoms with Crippen molar-refractivity contribution in [3.63, 3.8) is 0 Å². The first-order valence-corrected chi connectivity index (χ1v) is 8.37. The number of aromatic amines is 1. The third-order valence-corrected chi connectivity index (χ3v) is 4.68. The number of nitrogens with zero attached hydrogens (tertiary/aromatic N) is 3. The molecule has 2 fully saturated rings. The van der Waals surface area contributed by atoms with Gasteiger partial charge in [0.1, 0.15) is 0 Å². The van der Waals surface area contributed by atoms with Gasteiger partial charge in [0, 0.05) is 51.0 Å². The molecule has 2 saturated heterocycles. The molecule has 0 unspecified atom stereocenters. The predicted molar refractivity (Wildman–Crippen MR) is 83.5 cm³/mol. The third-order valence-electron chi connectivity index (χ3n) is 4.68. The van der Waals surface area contributed by atoms with Gasteiger partial charge >= 0.3 is 0 Å². The molecule has 1 aromatic heterocycles. The molecule has 2 aliphatic heterocycles. The van der Waals surface area contributed by atoms with Crippen molar-refractivity contribution >= 4 is 5.91 Å². The smallest absolute Gasteiger partial charge is 0.223 e. The van der Waals surface area contributed by atoms with E-state index in [4.69, 9.17) is 4.74 Å². The number of aromatic nitrogens is 2. The average molecular weight is 306 g/mol. The summed E-state index contributed by atoms with van der Waals surface area (Å²) >= 11 is 0. The normalized spacial score (nSPS) is 23.6. The fraction of sp³-hybridized carbons (Fsp3) is 0.750. The summed E-state index contributed by atoms with van der Waals surface area (Å²) < 4.78 is 5.34.